The van der Waals surface area contributed by atoms with Crippen molar-refractivity contribution in [2.45, 2.75) is 25.4 Å². The van der Waals surface area contributed by atoms with Crippen LogP contribution in [0, 0.1) is 0 Å². The van der Waals surface area contributed by atoms with E-state index in [9.17, 15) is 14.4 Å². The molecule has 24 heavy (non-hydrogen) atoms. The van der Waals surface area contributed by atoms with Crippen LogP contribution in [-0.4, -0.2) is 37.6 Å². The molecule has 1 fully saturated rings. The first kappa shape index (κ1) is 16.4. The molecule has 0 saturated carbocycles. The first-order valence-electron chi connectivity index (χ1n) is 7.53. The van der Waals surface area contributed by atoms with Gasteiger partial charge in [-0.05, 0) is 31.5 Å². The van der Waals surface area contributed by atoms with E-state index in [-0.39, 0.29) is 10.7 Å². The molecule has 3 heterocycles. The van der Waals surface area contributed by atoms with Gasteiger partial charge in [0.1, 0.15) is 6.04 Å². The minimum absolute atomic E-state index is 0.0417. The summed E-state index contributed by atoms with van der Waals surface area (Å²) in [4.78, 5) is 40.1. The summed E-state index contributed by atoms with van der Waals surface area (Å²) >= 11 is 1.21. The van der Waals surface area contributed by atoms with Crippen molar-refractivity contribution in [1.29, 1.82) is 0 Å². The fraction of sp³-hybridized carbons (Fsp3) is 0.312. The third-order valence-electron chi connectivity index (χ3n) is 3.78. The van der Waals surface area contributed by atoms with Gasteiger partial charge in [0.15, 0.2) is 0 Å². The van der Waals surface area contributed by atoms with Crippen molar-refractivity contribution in [3.63, 3.8) is 0 Å². The number of rotatable bonds is 4. The molecule has 2 unspecified atom stereocenters. The maximum atomic E-state index is 12.4. The Hall–Kier alpha value is -2.48. The van der Waals surface area contributed by atoms with Crippen LogP contribution in [0.25, 0.3) is 11.3 Å². The molecule has 2 aromatic heterocycles. The summed E-state index contributed by atoms with van der Waals surface area (Å²) < 4.78 is 1.13. The molecule has 0 bridgehead atoms. The second-order valence-electron chi connectivity index (χ2n) is 5.44. The first-order valence-corrected chi connectivity index (χ1v) is 8.52. The zero-order valence-electron chi connectivity index (χ0n) is 13.0. The quantitative estimate of drug-likeness (QED) is 0.890. The molecule has 0 spiro atoms. The van der Waals surface area contributed by atoms with Crippen molar-refractivity contribution in [1.82, 2.24) is 20.1 Å². The maximum absolute atomic E-state index is 12.4. The fourth-order valence-corrected chi connectivity index (χ4v) is 3.33. The van der Waals surface area contributed by atoms with E-state index in [0.29, 0.717) is 17.9 Å². The minimum atomic E-state index is -0.812. The van der Waals surface area contributed by atoms with Crippen molar-refractivity contribution < 1.29 is 9.59 Å². The smallest absolute Gasteiger partial charge is 0.267 e. The number of thioether (sulfide) groups is 1. The number of amides is 1. The number of nitrogens with zero attached hydrogens (tertiary/aromatic N) is 3. The number of aromatic nitrogens is 3. The molecule has 1 N–H and O–H groups in total. The second kappa shape index (κ2) is 6.96. The molecule has 3 rings (SSSR count). The van der Waals surface area contributed by atoms with Crippen LogP contribution in [0.1, 0.15) is 19.4 Å². The highest BCUT2D eigenvalue weighted by atomic mass is 32.2. The molecule has 1 aliphatic heterocycles. The predicted octanol–water partition coefficient (Wildman–Crippen LogP) is 1.01. The summed E-state index contributed by atoms with van der Waals surface area (Å²) in [6, 6.07) is 5.26. The van der Waals surface area contributed by atoms with Gasteiger partial charge in [0.25, 0.3) is 5.56 Å². The number of hydrogen-bond acceptors (Lipinski definition) is 6. The normalized spacial score (nSPS) is 18.4. The van der Waals surface area contributed by atoms with Crippen LogP contribution in [0.2, 0.25) is 0 Å². The molecule has 0 radical (unpaired) electrons. The Morgan fingerprint density at radius 3 is 2.88 bits per heavy atom. The molecule has 1 amide bonds. The summed E-state index contributed by atoms with van der Waals surface area (Å²) in [7, 11) is 0. The van der Waals surface area contributed by atoms with E-state index >= 15 is 0 Å². The summed E-state index contributed by atoms with van der Waals surface area (Å²) in [5, 5.41) is 6.92. The van der Waals surface area contributed by atoms with Crippen LogP contribution in [0.4, 0.5) is 0 Å². The summed E-state index contributed by atoms with van der Waals surface area (Å²) in [6.07, 6.45) is 3.89. The highest BCUT2D eigenvalue weighted by molar-refractivity contribution is 8.14. The zero-order valence-corrected chi connectivity index (χ0v) is 13.8. The Morgan fingerprint density at radius 1 is 1.38 bits per heavy atom. The van der Waals surface area contributed by atoms with Gasteiger partial charge >= 0.3 is 0 Å². The molecular formula is C16H16N4O3S. The van der Waals surface area contributed by atoms with Gasteiger partial charge in [-0.2, -0.15) is 5.10 Å². The molecule has 2 atom stereocenters. The summed E-state index contributed by atoms with van der Waals surface area (Å²) in [5.41, 5.74) is 0.925. The van der Waals surface area contributed by atoms with E-state index in [4.69, 9.17) is 0 Å². The van der Waals surface area contributed by atoms with Crippen molar-refractivity contribution >= 4 is 22.8 Å². The number of pyridine rings is 1. The Labute approximate surface area is 142 Å². The van der Waals surface area contributed by atoms with Crippen molar-refractivity contribution in [2.24, 2.45) is 0 Å². The van der Waals surface area contributed by atoms with Crippen LogP contribution in [-0.2, 0) is 9.59 Å². The Morgan fingerprint density at radius 2 is 2.21 bits per heavy atom. The lowest BCUT2D eigenvalue weighted by molar-refractivity contribution is -0.127. The number of hydrogen-bond donors (Lipinski definition) is 1. The molecule has 2 aromatic rings. The molecule has 0 aliphatic carbocycles. The van der Waals surface area contributed by atoms with Gasteiger partial charge in [-0.15, -0.1) is 0 Å². The Bertz CT molecular complexity index is 822. The highest BCUT2D eigenvalue weighted by Crippen LogP contribution is 2.20. The minimum Gasteiger partial charge on any atom is -0.343 e. The SMILES string of the molecule is CC(C(=O)NC1CCSC1=O)n1nc(-c2cccnc2)ccc1=O. The van der Waals surface area contributed by atoms with Crippen LogP contribution in [0.3, 0.4) is 0 Å². The van der Waals surface area contributed by atoms with Crippen molar-refractivity contribution in [2.75, 3.05) is 5.75 Å². The Kier molecular flexibility index (Phi) is 4.75. The van der Waals surface area contributed by atoms with Gasteiger partial charge in [0.05, 0.1) is 11.7 Å². The lowest BCUT2D eigenvalue weighted by atomic mass is 10.2. The third-order valence-corrected chi connectivity index (χ3v) is 4.79. The maximum Gasteiger partial charge on any atom is 0.267 e. The lowest BCUT2D eigenvalue weighted by Gasteiger charge is -2.17. The summed E-state index contributed by atoms with van der Waals surface area (Å²) in [5.74, 6) is 0.307. The number of nitrogens with one attached hydrogen (secondary N) is 1. The molecule has 1 saturated heterocycles. The topological polar surface area (TPSA) is 93.9 Å². The van der Waals surface area contributed by atoms with Crippen molar-refractivity contribution in [3.8, 4) is 11.3 Å². The molecule has 1 aliphatic rings. The van der Waals surface area contributed by atoms with Gasteiger partial charge in [0, 0.05) is 29.8 Å². The first-order chi connectivity index (χ1) is 11.6. The second-order valence-corrected chi connectivity index (χ2v) is 6.54. The molecule has 0 aromatic carbocycles. The molecular weight excluding hydrogens is 328 g/mol. The van der Waals surface area contributed by atoms with E-state index in [0.717, 1.165) is 10.2 Å². The summed E-state index contributed by atoms with van der Waals surface area (Å²) in [6.45, 7) is 1.59. The van der Waals surface area contributed by atoms with Gasteiger partial charge in [-0.1, -0.05) is 11.8 Å². The Balaban J connectivity index is 1.84. The van der Waals surface area contributed by atoms with Crippen LogP contribution >= 0.6 is 11.8 Å². The van der Waals surface area contributed by atoms with Gasteiger partial charge in [-0.25, -0.2) is 4.68 Å². The van der Waals surface area contributed by atoms with Crippen LogP contribution in [0.5, 0.6) is 0 Å². The average molecular weight is 344 g/mol. The van der Waals surface area contributed by atoms with E-state index in [1.807, 2.05) is 6.07 Å². The fourth-order valence-electron chi connectivity index (χ4n) is 2.40. The van der Waals surface area contributed by atoms with Crippen LogP contribution < -0.4 is 10.9 Å². The predicted molar refractivity (Wildman–Crippen MR) is 90.5 cm³/mol. The third kappa shape index (κ3) is 3.38. The van der Waals surface area contributed by atoms with E-state index in [1.165, 1.54) is 17.8 Å². The van der Waals surface area contributed by atoms with Gasteiger partial charge in [0.2, 0.25) is 11.0 Å². The van der Waals surface area contributed by atoms with Gasteiger partial charge < -0.3 is 5.32 Å². The zero-order chi connectivity index (χ0) is 17.1. The monoisotopic (exact) mass is 344 g/mol. The standard InChI is InChI=1S/C16H16N4O3S/c1-10(15(22)18-13-6-8-24-16(13)23)20-14(21)5-4-12(19-20)11-3-2-7-17-9-11/h2-5,7,9-10,13H,6,8H2,1H3,(H,18,22). The van der Waals surface area contributed by atoms with E-state index in [1.54, 1.807) is 31.5 Å². The number of carbonyl (C=O) groups excluding carboxylic acids is 2. The number of carbonyl (C=O) groups is 2. The largest absolute Gasteiger partial charge is 0.343 e. The molecule has 8 heteroatoms. The highest BCUT2D eigenvalue weighted by Gasteiger charge is 2.29. The molecule has 124 valence electrons. The molecule has 7 nitrogen and oxygen atoms in total. The van der Waals surface area contributed by atoms with Gasteiger partial charge in [-0.3, -0.25) is 19.4 Å². The van der Waals surface area contributed by atoms with E-state index in [2.05, 4.69) is 15.4 Å². The van der Waals surface area contributed by atoms with Crippen LogP contribution in [0.15, 0.2) is 41.5 Å². The lowest BCUT2D eigenvalue weighted by Crippen LogP contribution is -2.43. The van der Waals surface area contributed by atoms with Crippen molar-refractivity contribution in [3.05, 3.63) is 47.0 Å². The average Bonchev–Trinajstić information content (AvgIpc) is 3.00. The van der Waals surface area contributed by atoms with E-state index < -0.39 is 18.0 Å².